The number of halogens is 2. The van der Waals surface area contributed by atoms with Crippen molar-refractivity contribution < 1.29 is 22.4 Å². The first-order valence-corrected chi connectivity index (χ1v) is 14.4. The topological polar surface area (TPSA) is 86.8 Å². The maximum atomic E-state index is 14.6. The van der Waals surface area contributed by atoms with E-state index in [-0.39, 0.29) is 28.6 Å². The molecule has 2 amide bonds. The summed E-state index contributed by atoms with van der Waals surface area (Å²) in [6, 6.07) is 17.5. The van der Waals surface area contributed by atoms with E-state index in [0.29, 0.717) is 17.1 Å². The summed E-state index contributed by atoms with van der Waals surface area (Å²) in [6.45, 7) is 6.61. The van der Waals surface area contributed by atoms with Gasteiger partial charge in [-0.05, 0) is 55.7 Å². The molecule has 0 aliphatic heterocycles. The maximum absolute atomic E-state index is 14.6. The second kappa shape index (κ2) is 13.1. The number of amides is 2. The molecule has 0 aliphatic carbocycles. The van der Waals surface area contributed by atoms with Crippen molar-refractivity contribution in [2.75, 3.05) is 17.4 Å². The van der Waals surface area contributed by atoms with E-state index < -0.39 is 40.2 Å². The smallest absolute Gasteiger partial charge is 0.264 e. The van der Waals surface area contributed by atoms with Crippen LogP contribution in [0.4, 0.5) is 10.1 Å². The lowest BCUT2D eigenvalue weighted by Gasteiger charge is -2.32. The average molecular weight is 574 g/mol. The van der Waals surface area contributed by atoms with Crippen LogP contribution in [-0.4, -0.2) is 44.3 Å². The molecule has 3 aromatic rings. The van der Waals surface area contributed by atoms with Gasteiger partial charge in [0, 0.05) is 23.7 Å². The Kier molecular flexibility index (Phi) is 10.1. The molecule has 0 aromatic heterocycles. The van der Waals surface area contributed by atoms with E-state index in [1.54, 1.807) is 49.4 Å². The standard InChI is InChI=1S/C29H33ClFN3O4S/c1-20(2)17-32-29(36)22(4)33(18-23-11-8-9-15-26(23)31)28(35)19-34(27-16-10-14-25(30)21(27)3)39(37,38)24-12-6-5-7-13-24/h5-16,20,22H,17-19H2,1-4H3,(H,32,36)/t22-/m1/s1. The molecule has 10 heteroatoms. The number of benzene rings is 3. The lowest BCUT2D eigenvalue weighted by atomic mass is 10.1. The fraction of sp³-hybridized carbons (Fsp3) is 0.310. The van der Waals surface area contributed by atoms with Gasteiger partial charge in [-0.1, -0.05) is 67.9 Å². The predicted molar refractivity (Wildman–Crippen MR) is 151 cm³/mol. The van der Waals surface area contributed by atoms with Crippen molar-refractivity contribution in [2.24, 2.45) is 5.92 Å². The van der Waals surface area contributed by atoms with Gasteiger partial charge in [0.05, 0.1) is 10.6 Å². The van der Waals surface area contributed by atoms with Crippen LogP contribution in [-0.2, 0) is 26.2 Å². The highest BCUT2D eigenvalue weighted by Gasteiger charge is 2.33. The minimum atomic E-state index is -4.22. The van der Waals surface area contributed by atoms with Gasteiger partial charge in [-0.2, -0.15) is 0 Å². The summed E-state index contributed by atoms with van der Waals surface area (Å²) in [5, 5.41) is 3.13. The third-order valence-corrected chi connectivity index (χ3v) is 8.45. The predicted octanol–water partition coefficient (Wildman–Crippen LogP) is 5.17. The normalized spacial score (nSPS) is 12.2. The van der Waals surface area contributed by atoms with Gasteiger partial charge in [-0.3, -0.25) is 13.9 Å². The van der Waals surface area contributed by atoms with Crippen LogP contribution in [0, 0.1) is 18.7 Å². The Morgan fingerprint density at radius 3 is 2.23 bits per heavy atom. The van der Waals surface area contributed by atoms with Gasteiger partial charge in [0.25, 0.3) is 10.0 Å². The number of sulfonamides is 1. The van der Waals surface area contributed by atoms with Crippen molar-refractivity contribution in [3.8, 4) is 0 Å². The molecule has 0 spiro atoms. The van der Waals surface area contributed by atoms with Crippen LogP contribution in [0.5, 0.6) is 0 Å². The number of anilines is 1. The average Bonchev–Trinajstić information content (AvgIpc) is 2.91. The Balaban J connectivity index is 2.05. The van der Waals surface area contributed by atoms with Gasteiger partial charge in [0.2, 0.25) is 11.8 Å². The summed E-state index contributed by atoms with van der Waals surface area (Å²) < 4.78 is 43.2. The minimum absolute atomic E-state index is 0.0134. The van der Waals surface area contributed by atoms with Gasteiger partial charge in [-0.25, -0.2) is 12.8 Å². The number of hydrogen-bond acceptors (Lipinski definition) is 4. The monoisotopic (exact) mass is 573 g/mol. The van der Waals surface area contributed by atoms with Gasteiger partial charge >= 0.3 is 0 Å². The molecular weight excluding hydrogens is 541 g/mol. The Morgan fingerprint density at radius 2 is 1.59 bits per heavy atom. The Bertz CT molecular complexity index is 1420. The molecule has 0 saturated carbocycles. The highest BCUT2D eigenvalue weighted by Crippen LogP contribution is 2.31. The van der Waals surface area contributed by atoms with Crippen LogP contribution < -0.4 is 9.62 Å². The summed E-state index contributed by atoms with van der Waals surface area (Å²) in [5.74, 6) is -1.46. The lowest BCUT2D eigenvalue weighted by molar-refractivity contribution is -0.139. The summed E-state index contributed by atoms with van der Waals surface area (Å²) in [4.78, 5) is 28.1. The van der Waals surface area contributed by atoms with Crippen LogP contribution in [0.1, 0.15) is 31.9 Å². The second-order valence-electron chi connectivity index (χ2n) is 9.64. The van der Waals surface area contributed by atoms with Crippen molar-refractivity contribution in [1.82, 2.24) is 10.2 Å². The van der Waals surface area contributed by atoms with Gasteiger partial charge in [0.1, 0.15) is 18.4 Å². The lowest BCUT2D eigenvalue weighted by Crippen LogP contribution is -2.51. The highest BCUT2D eigenvalue weighted by atomic mass is 35.5. The molecule has 0 heterocycles. The van der Waals surface area contributed by atoms with Crippen molar-refractivity contribution in [3.63, 3.8) is 0 Å². The van der Waals surface area contributed by atoms with Crippen LogP contribution in [0.15, 0.2) is 77.7 Å². The van der Waals surface area contributed by atoms with Crippen molar-refractivity contribution in [1.29, 1.82) is 0 Å². The van der Waals surface area contributed by atoms with E-state index in [1.165, 1.54) is 42.2 Å². The number of carbonyl (C=O) groups is 2. The number of nitrogens with one attached hydrogen (secondary N) is 1. The third kappa shape index (κ3) is 7.36. The molecule has 3 aromatic carbocycles. The molecule has 0 fully saturated rings. The first-order valence-electron chi connectivity index (χ1n) is 12.6. The van der Waals surface area contributed by atoms with E-state index in [0.717, 1.165) is 4.31 Å². The summed E-state index contributed by atoms with van der Waals surface area (Å²) in [6.07, 6.45) is 0. The van der Waals surface area contributed by atoms with E-state index in [9.17, 15) is 22.4 Å². The molecule has 0 unspecified atom stereocenters. The van der Waals surface area contributed by atoms with Gasteiger partial charge in [-0.15, -0.1) is 0 Å². The Hall–Kier alpha value is -3.43. The van der Waals surface area contributed by atoms with Crippen LogP contribution in [0.3, 0.4) is 0 Å². The number of rotatable bonds is 11. The second-order valence-corrected chi connectivity index (χ2v) is 11.9. The van der Waals surface area contributed by atoms with Crippen molar-refractivity contribution in [3.05, 3.63) is 94.8 Å². The largest absolute Gasteiger partial charge is 0.354 e. The summed E-state index contributed by atoms with van der Waals surface area (Å²) in [5.41, 5.74) is 0.892. The first kappa shape index (κ1) is 30.1. The molecule has 1 N–H and O–H groups in total. The van der Waals surface area contributed by atoms with Crippen molar-refractivity contribution >= 4 is 39.1 Å². The molecule has 208 valence electrons. The molecule has 1 atom stereocenters. The van der Waals surface area contributed by atoms with Crippen LogP contribution >= 0.6 is 11.6 Å². The Morgan fingerprint density at radius 1 is 0.949 bits per heavy atom. The molecule has 0 saturated heterocycles. The summed E-state index contributed by atoms with van der Waals surface area (Å²) >= 11 is 6.32. The third-order valence-electron chi connectivity index (χ3n) is 6.27. The van der Waals surface area contributed by atoms with Gasteiger partial charge in [0.15, 0.2) is 0 Å². The zero-order chi connectivity index (χ0) is 28.7. The molecule has 39 heavy (non-hydrogen) atoms. The van der Waals surface area contributed by atoms with Crippen molar-refractivity contribution in [2.45, 2.75) is 45.2 Å². The fourth-order valence-electron chi connectivity index (χ4n) is 3.94. The highest BCUT2D eigenvalue weighted by molar-refractivity contribution is 7.92. The minimum Gasteiger partial charge on any atom is -0.354 e. The van der Waals surface area contributed by atoms with E-state index in [1.807, 2.05) is 13.8 Å². The number of carbonyl (C=O) groups excluding carboxylic acids is 2. The molecule has 3 rings (SSSR count). The molecule has 7 nitrogen and oxygen atoms in total. The van der Waals surface area contributed by atoms with E-state index in [2.05, 4.69) is 5.32 Å². The maximum Gasteiger partial charge on any atom is 0.264 e. The van der Waals surface area contributed by atoms with Crippen LogP contribution in [0.2, 0.25) is 5.02 Å². The first-order chi connectivity index (χ1) is 18.4. The molecule has 0 aliphatic rings. The summed E-state index contributed by atoms with van der Waals surface area (Å²) in [7, 11) is -4.22. The van der Waals surface area contributed by atoms with E-state index in [4.69, 9.17) is 11.6 Å². The van der Waals surface area contributed by atoms with E-state index >= 15 is 0 Å². The number of hydrogen-bond donors (Lipinski definition) is 1. The SMILES string of the molecule is Cc1c(Cl)cccc1N(CC(=O)N(Cc1ccccc1F)[C@H](C)C(=O)NCC(C)C)S(=O)(=O)c1ccccc1. The molecule has 0 radical (unpaired) electrons. The Labute approximate surface area is 234 Å². The quantitative estimate of drug-likeness (QED) is 0.343. The zero-order valence-electron chi connectivity index (χ0n) is 22.4. The number of nitrogens with zero attached hydrogens (tertiary/aromatic N) is 2. The fourth-order valence-corrected chi connectivity index (χ4v) is 5.61. The van der Waals surface area contributed by atoms with Gasteiger partial charge < -0.3 is 10.2 Å². The zero-order valence-corrected chi connectivity index (χ0v) is 24.0. The van der Waals surface area contributed by atoms with Crippen LogP contribution in [0.25, 0.3) is 0 Å². The molecular formula is C29H33ClFN3O4S. The molecule has 0 bridgehead atoms.